The van der Waals surface area contributed by atoms with Crippen molar-refractivity contribution in [2.45, 2.75) is 50.6 Å². The predicted octanol–water partition coefficient (Wildman–Crippen LogP) is 7.25. The van der Waals surface area contributed by atoms with E-state index in [4.69, 9.17) is 44.3 Å². The molecule has 0 bridgehead atoms. The fraction of sp³-hybridized carbons (Fsp3) is 0.145. The molecule has 2 atom stereocenters. The number of Topliss-reactive ketones (excluding diaryl/α,β-unsaturated/α-hetero) is 2. The van der Waals surface area contributed by atoms with E-state index in [0.29, 0.717) is 86.2 Å². The number of rotatable bonds is 13. The van der Waals surface area contributed by atoms with Crippen LogP contribution in [-0.2, 0) is 35.3 Å². The van der Waals surface area contributed by atoms with Crippen molar-refractivity contribution in [2.75, 3.05) is 5.73 Å². The fourth-order valence-electron chi connectivity index (χ4n) is 9.33. The maximum atomic E-state index is 13.1. The Labute approximate surface area is 451 Å². The van der Waals surface area contributed by atoms with Crippen LogP contribution in [0.2, 0.25) is 10.0 Å². The van der Waals surface area contributed by atoms with Crippen molar-refractivity contribution in [1.29, 1.82) is 0 Å². The molecule has 2 aliphatic rings. The number of nitrogens with zero attached hydrogens (tertiary/aromatic N) is 10. The van der Waals surface area contributed by atoms with Gasteiger partial charge in [-0.25, -0.2) is 14.4 Å². The van der Waals surface area contributed by atoms with Crippen LogP contribution in [0, 0.1) is 0 Å². The van der Waals surface area contributed by atoms with Crippen LogP contribution in [0.25, 0.3) is 33.6 Å². The lowest BCUT2D eigenvalue weighted by Gasteiger charge is -2.15. The SMILES string of the molecule is Nc1ccc(C(=O)O)cc1.O=C(O)c1ccc(CC(=O)C2CCc3cc(-c4cc(Cl)ccc4-n4cnnn4)cc(=O)n32)cc1.O=C(O)c1ccc(CC(=O)C2CCc3cc(-c4cc(Cl)ccc4-n4cnnn4)cc(=O)n32)cc1. The zero-order valence-electron chi connectivity index (χ0n) is 40.8. The number of benzene rings is 5. The number of hydrogen-bond acceptors (Lipinski definition) is 14. The Kier molecular flexibility index (Phi) is 15.7. The van der Waals surface area contributed by atoms with Gasteiger partial charge in [-0.2, -0.15) is 9.36 Å². The Hall–Kier alpha value is -9.73. The van der Waals surface area contributed by atoms with Gasteiger partial charge in [0.05, 0.1) is 40.1 Å². The molecule has 6 heterocycles. The summed E-state index contributed by atoms with van der Waals surface area (Å²) in [6, 6.07) is 34.6. The van der Waals surface area contributed by atoms with Crippen molar-refractivity contribution >= 4 is 58.4 Å². The first-order valence-electron chi connectivity index (χ1n) is 23.9. The van der Waals surface area contributed by atoms with Gasteiger partial charge < -0.3 is 30.2 Å². The quantitative estimate of drug-likeness (QED) is 0.0826. The highest BCUT2D eigenvalue weighted by atomic mass is 35.5. The summed E-state index contributed by atoms with van der Waals surface area (Å²) in [7, 11) is 0. The third-order valence-corrected chi connectivity index (χ3v) is 13.5. The van der Waals surface area contributed by atoms with Gasteiger partial charge in [0.15, 0.2) is 11.6 Å². The molecule has 0 saturated carbocycles. The lowest BCUT2D eigenvalue weighted by atomic mass is 10.0. The summed E-state index contributed by atoms with van der Waals surface area (Å²) in [5.41, 5.74) is 13.0. The minimum Gasteiger partial charge on any atom is -0.478 e. The lowest BCUT2D eigenvalue weighted by molar-refractivity contribution is -0.122. The lowest BCUT2D eigenvalue weighted by Crippen LogP contribution is -2.28. The summed E-state index contributed by atoms with van der Waals surface area (Å²) in [6.07, 6.45) is 5.39. The molecule has 23 heteroatoms. The number of carbonyl (C=O) groups is 5. The molecule has 21 nitrogen and oxygen atoms in total. The van der Waals surface area contributed by atoms with Crippen molar-refractivity contribution in [2.24, 2.45) is 0 Å². The Morgan fingerprint density at radius 1 is 0.513 bits per heavy atom. The number of carboxylic acid groups (broad SMARTS) is 3. The third-order valence-electron chi connectivity index (χ3n) is 13.1. The van der Waals surface area contributed by atoms with Crippen LogP contribution in [-0.4, -0.2) is 94.3 Å². The van der Waals surface area contributed by atoms with Crippen molar-refractivity contribution in [1.82, 2.24) is 49.5 Å². The number of carboxylic acids is 3. The molecular weight excluding hydrogens is 1050 g/mol. The van der Waals surface area contributed by atoms with Crippen molar-refractivity contribution in [3.63, 3.8) is 0 Å². The average Bonchev–Trinajstić information content (AvgIpc) is 4.36. The molecule has 0 amide bonds. The molecule has 0 fully saturated rings. The molecule has 0 radical (unpaired) electrons. The number of fused-ring (bicyclic) bond motifs is 2. The number of nitrogens with two attached hydrogens (primary N) is 1. The van der Waals surface area contributed by atoms with Gasteiger partial charge in [-0.1, -0.05) is 47.5 Å². The molecule has 2 aliphatic heterocycles. The normalized spacial score (nSPS) is 14.0. The number of halogens is 2. The van der Waals surface area contributed by atoms with E-state index in [-0.39, 0.29) is 52.2 Å². The first-order chi connectivity index (χ1) is 37.5. The maximum absolute atomic E-state index is 13.1. The molecular formula is C55H43Cl2N11O10. The highest BCUT2D eigenvalue weighted by molar-refractivity contribution is 6.31. The monoisotopic (exact) mass is 1090 g/mol. The summed E-state index contributed by atoms with van der Waals surface area (Å²) in [5.74, 6) is -3.15. The number of anilines is 1. The molecule has 78 heavy (non-hydrogen) atoms. The largest absolute Gasteiger partial charge is 0.478 e. The van der Waals surface area contributed by atoms with Crippen LogP contribution < -0.4 is 16.9 Å². The number of carbonyl (C=O) groups excluding carboxylic acids is 2. The number of aromatic carboxylic acids is 3. The van der Waals surface area contributed by atoms with Gasteiger partial charge >= 0.3 is 17.9 Å². The molecule has 2 unspecified atom stereocenters. The summed E-state index contributed by atoms with van der Waals surface area (Å²) < 4.78 is 6.11. The van der Waals surface area contributed by atoms with Crippen molar-refractivity contribution in [3.05, 3.63) is 216 Å². The van der Waals surface area contributed by atoms with Crippen molar-refractivity contribution < 1.29 is 39.3 Å². The van der Waals surface area contributed by atoms with E-state index in [2.05, 4.69) is 31.1 Å². The summed E-state index contributed by atoms with van der Waals surface area (Å²) in [6.45, 7) is 0. The fourth-order valence-corrected chi connectivity index (χ4v) is 9.67. The number of aryl methyl sites for hydroxylation is 2. The Balaban J connectivity index is 0.000000161. The van der Waals surface area contributed by atoms with Gasteiger partial charge in [0.25, 0.3) is 11.1 Å². The maximum Gasteiger partial charge on any atom is 0.335 e. The molecule has 11 rings (SSSR count). The standard InChI is InChI=1S/2C24H18ClN5O4.C7H7NO2/c2*25-17-5-7-20(29-13-26-27-28-29)19(12-17)16-10-18-6-8-21(30(18)23(32)11-16)22(31)9-14-1-3-15(4-2-14)24(33)34;8-6-3-1-5(2-4-6)7(9)10/h2*1-5,7,10-13,21H,6,8-9H2,(H,33,34);1-4H,8H2,(H,9,10). The van der Waals surface area contributed by atoms with E-state index in [1.807, 2.05) is 12.1 Å². The Morgan fingerprint density at radius 3 is 1.23 bits per heavy atom. The van der Waals surface area contributed by atoms with Gasteiger partial charge in [0.2, 0.25) is 0 Å². The molecule has 0 aliphatic carbocycles. The van der Waals surface area contributed by atoms with E-state index in [1.165, 1.54) is 70.5 Å². The van der Waals surface area contributed by atoms with Gasteiger partial charge in [0, 0.05) is 63.2 Å². The van der Waals surface area contributed by atoms with Gasteiger partial charge in [-0.15, -0.1) is 10.2 Å². The molecule has 4 aromatic heterocycles. The molecule has 0 saturated heterocycles. The number of ketones is 2. The molecule has 392 valence electrons. The Bertz CT molecular complexity index is 3640. The van der Waals surface area contributed by atoms with Crippen LogP contribution >= 0.6 is 23.2 Å². The highest BCUT2D eigenvalue weighted by Crippen LogP contribution is 2.35. The zero-order valence-corrected chi connectivity index (χ0v) is 42.3. The second kappa shape index (κ2) is 23.0. The summed E-state index contributed by atoms with van der Waals surface area (Å²) in [5, 5.41) is 50.1. The number of tetrazole rings is 2. The molecule has 9 aromatic rings. The summed E-state index contributed by atoms with van der Waals surface area (Å²) in [4.78, 5) is 84.7. The average molecular weight is 1090 g/mol. The molecule has 5 aromatic carbocycles. The van der Waals surface area contributed by atoms with E-state index in [1.54, 1.807) is 81.9 Å². The second-order valence-electron chi connectivity index (χ2n) is 18.0. The van der Waals surface area contributed by atoms with Crippen LogP contribution in [0.5, 0.6) is 0 Å². The van der Waals surface area contributed by atoms with Gasteiger partial charge in [0.1, 0.15) is 12.7 Å². The smallest absolute Gasteiger partial charge is 0.335 e. The minimum absolute atomic E-state index is 0.0891. The number of pyridine rings is 2. The van der Waals surface area contributed by atoms with Crippen LogP contribution in [0.4, 0.5) is 5.69 Å². The van der Waals surface area contributed by atoms with E-state index in [0.717, 1.165) is 11.4 Å². The number of hydrogen-bond donors (Lipinski definition) is 4. The van der Waals surface area contributed by atoms with Crippen LogP contribution in [0.3, 0.4) is 0 Å². The van der Waals surface area contributed by atoms with E-state index < -0.39 is 30.0 Å². The predicted molar refractivity (Wildman–Crippen MR) is 284 cm³/mol. The van der Waals surface area contributed by atoms with Crippen LogP contribution in [0.15, 0.2) is 156 Å². The van der Waals surface area contributed by atoms with E-state index in [9.17, 15) is 33.6 Å². The third kappa shape index (κ3) is 11.9. The summed E-state index contributed by atoms with van der Waals surface area (Å²) >= 11 is 12.5. The number of nitrogen functional groups attached to an aromatic ring is 1. The second-order valence-corrected chi connectivity index (χ2v) is 18.9. The van der Waals surface area contributed by atoms with E-state index >= 15 is 0 Å². The molecule has 5 N–H and O–H groups in total. The Morgan fingerprint density at radius 2 is 0.885 bits per heavy atom. The highest BCUT2D eigenvalue weighted by Gasteiger charge is 2.31. The molecule has 0 spiro atoms. The zero-order chi connectivity index (χ0) is 55.2. The number of aromatic nitrogens is 10. The van der Waals surface area contributed by atoms with Gasteiger partial charge in [-0.05, 0) is 166 Å². The first kappa shape index (κ1) is 53.1. The first-order valence-corrected chi connectivity index (χ1v) is 24.6. The van der Waals surface area contributed by atoms with Gasteiger partial charge in [-0.3, -0.25) is 19.2 Å². The topological polar surface area (TPSA) is 303 Å². The van der Waals surface area contributed by atoms with Crippen molar-refractivity contribution in [3.8, 4) is 33.6 Å². The van der Waals surface area contributed by atoms with Crippen LogP contribution in [0.1, 0.15) is 78.5 Å². The minimum atomic E-state index is -1.02.